The van der Waals surface area contributed by atoms with Crippen LogP contribution in [0.25, 0.3) is 0 Å². The van der Waals surface area contributed by atoms with E-state index in [1.165, 1.54) is 44.2 Å². The third-order valence-electron chi connectivity index (χ3n) is 1.11. The van der Waals surface area contributed by atoms with Gasteiger partial charge in [-0.1, -0.05) is 52.1 Å². The molecule has 0 radical (unpaired) electrons. The summed E-state index contributed by atoms with van der Waals surface area (Å²) in [5, 5.41) is 7.42. The van der Waals surface area contributed by atoms with Crippen molar-refractivity contribution in [2.24, 2.45) is 0 Å². The summed E-state index contributed by atoms with van der Waals surface area (Å²) >= 11 is 4.44. The number of alkyl halides is 2. The highest BCUT2D eigenvalue weighted by atomic mass is 127. The Morgan fingerprint density at radius 1 is 1.32 bits per heavy atom. The lowest BCUT2D eigenvalue weighted by Gasteiger charge is -1.80. The largest absolute Gasteiger partial charge is 0.481 e. The summed E-state index contributed by atoms with van der Waals surface area (Å²) in [4.78, 5) is 37.9. The van der Waals surface area contributed by atoms with Gasteiger partial charge >= 0.3 is 5.97 Å². The standard InChI is InChI=1S/C4H8O.C3H6O2.C2H5I.C2H4O2.C2H4O.C2H2O.CH3I.H2/c1-2-4-5-3-1;1-3(4)5-2;1-2-3;1-2(3)4;2*1-2-3;1-2;/h1-4H2;1-2H3;2H2,1H3;1H3,(H,3,4);2H,1H3;1H2;1H3;1H/i;;;;;2-1;;. The van der Waals surface area contributed by atoms with Crippen molar-refractivity contribution in [3.05, 3.63) is 6.58 Å². The van der Waals surface area contributed by atoms with Gasteiger partial charge in [-0.3, -0.25) is 9.59 Å². The zero-order chi connectivity index (χ0) is 21.5. The molecule has 9 heteroatoms. The molecule has 0 bridgehead atoms. The number of methoxy groups -OCH3 is 1. The Hall–Kier alpha value is -0.520. The smallest absolute Gasteiger partial charge is 0.302 e. The maximum Gasteiger partial charge on any atom is 0.302 e. The Balaban J connectivity index is -0.0000000330. The minimum atomic E-state index is -0.833. The lowest BCUT2D eigenvalue weighted by atomic mass is 10.4. The lowest BCUT2D eigenvalue weighted by Crippen LogP contribution is -1.88. The minimum absolute atomic E-state index is 0. The number of ether oxygens (including phenoxy) is 2. The van der Waals surface area contributed by atoms with Crippen molar-refractivity contribution >= 4 is 69.3 Å². The van der Waals surface area contributed by atoms with Gasteiger partial charge in [-0.05, 0) is 35.7 Å². The number of carboxylic acids is 1. The van der Waals surface area contributed by atoms with Gasteiger partial charge in [0.05, 0.1) is 7.11 Å². The number of aliphatic carboxylic acids is 1. The monoisotopic (exact) mass is 591 g/mol. The van der Waals surface area contributed by atoms with Crippen molar-refractivity contribution in [3.8, 4) is 0 Å². The van der Waals surface area contributed by atoms with Crippen LogP contribution >= 0.6 is 45.2 Å². The zero-order valence-corrected chi connectivity index (χ0v) is 20.3. The van der Waals surface area contributed by atoms with Crippen LogP contribution in [0.15, 0.2) is 6.58 Å². The summed E-state index contributed by atoms with van der Waals surface area (Å²) in [7, 11) is 1.35. The van der Waals surface area contributed by atoms with Crippen molar-refractivity contribution in [1.82, 2.24) is 0 Å². The molecule has 0 aromatic carbocycles. The Labute approximate surface area is 180 Å². The van der Waals surface area contributed by atoms with Crippen molar-refractivity contribution < 1.29 is 35.2 Å². The molecule has 0 unspecified atom stereocenters. The maximum absolute atomic E-state index is 9.59. The molecule has 0 amide bonds. The highest BCUT2D eigenvalue weighted by Gasteiger charge is 1.94. The molecular weight excluding hydrogens is 557 g/mol. The van der Waals surface area contributed by atoms with Crippen LogP contribution < -0.4 is 0 Å². The number of carbonyl (C=O) groups excluding carboxylic acids is 3. The van der Waals surface area contributed by atoms with E-state index in [9.17, 15) is 4.79 Å². The first kappa shape index (κ1) is 39.5. The van der Waals surface area contributed by atoms with E-state index in [0.717, 1.165) is 26.4 Å². The summed E-state index contributed by atoms with van der Waals surface area (Å²) in [6.07, 6.45) is 3.31. The molecule has 0 atom stereocenters. The first-order chi connectivity index (χ1) is 11.7. The zero-order valence-electron chi connectivity index (χ0n) is 16.0. The molecule has 1 aliphatic heterocycles. The number of carbonyl (C=O) groups is 3. The Kier molecular flexibility index (Phi) is 89.5. The average molecular weight is 591 g/mol. The Morgan fingerprint density at radius 2 is 1.48 bits per heavy atom. The van der Waals surface area contributed by atoms with Gasteiger partial charge in [-0.2, -0.15) is 0 Å². The molecule has 1 heterocycles. The van der Waals surface area contributed by atoms with E-state index in [-0.39, 0.29) is 7.40 Å². The van der Waals surface area contributed by atoms with Crippen LogP contribution in [0.1, 0.15) is 42.0 Å². The fraction of sp³-hybridized carbons (Fsp3) is 0.688. The van der Waals surface area contributed by atoms with Crippen molar-refractivity contribution in [1.29, 1.82) is 0 Å². The number of esters is 1. The summed E-state index contributed by atoms with van der Waals surface area (Å²) in [5.74, 6) is 0.171. The first-order valence-corrected chi connectivity index (χ1v) is 10.7. The van der Waals surface area contributed by atoms with Crippen molar-refractivity contribution in [2.75, 3.05) is 29.7 Å². The van der Waals surface area contributed by atoms with Gasteiger partial charge in [0, 0.05) is 28.5 Å². The second-order valence-corrected chi connectivity index (χ2v) is 4.71. The number of halogens is 2. The highest BCUT2D eigenvalue weighted by Crippen LogP contribution is 1.98. The van der Waals surface area contributed by atoms with E-state index >= 15 is 0 Å². The quantitative estimate of drug-likeness (QED) is 0.149. The average Bonchev–Trinajstić information content (AvgIpc) is 3.10. The Bertz CT molecular complexity index is 270. The molecule has 25 heavy (non-hydrogen) atoms. The molecule has 0 aliphatic carbocycles. The number of hydrogen-bond acceptors (Lipinski definition) is 6. The van der Waals surface area contributed by atoms with Gasteiger partial charge in [0.25, 0.3) is 5.97 Å². The summed E-state index contributed by atoms with van der Waals surface area (Å²) in [5.41, 5.74) is 0. The second kappa shape index (κ2) is 56.6. The van der Waals surface area contributed by atoms with E-state index in [1.807, 2.05) is 4.93 Å². The molecule has 1 fully saturated rings. The summed E-state index contributed by atoms with van der Waals surface area (Å²) in [6.45, 7) is 10.7. The van der Waals surface area contributed by atoms with Gasteiger partial charge in [-0.15, -0.1) is 0 Å². The molecule has 0 aromatic heterocycles. The molecule has 1 aliphatic rings. The van der Waals surface area contributed by atoms with Crippen LogP contribution in [0.3, 0.4) is 0 Å². The third kappa shape index (κ3) is 258. The molecule has 0 saturated carbocycles. The molecule has 0 aromatic rings. The molecular formula is C16H34I2O7. The van der Waals surface area contributed by atoms with Crippen molar-refractivity contribution in [2.45, 2.75) is 40.5 Å². The predicted octanol–water partition coefficient (Wildman–Crippen LogP) is 4.01. The third-order valence-corrected chi connectivity index (χ3v) is 1.11. The molecule has 0 spiro atoms. The SMILES string of the molecule is C1CCOC1.C=[11C]=O.CC(=O)O.CC=O.CCI.CI.COC(C)=O.[HH]. The number of rotatable bonds is 0. The summed E-state index contributed by atoms with van der Waals surface area (Å²) in [6, 6.07) is 0. The first-order valence-electron chi connectivity index (χ1n) is 7.04. The maximum atomic E-state index is 9.59. The van der Waals surface area contributed by atoms with Crippen LogP contribution in [-0.2, 0) is 28.7 Å². The Morgan fingerprint density at radius 3 is 1.52 bits per heavy atom. The van der Waals surface area contributed by atoms with Gasteiger partial charge in [0.2, 0.25) is 0 Å². The van der Waals surface area contributed by atoms with Crippen molar-refractivity contribution in [3.63, 3.8) is 0 Å². The fourth-order valence-corrected chi connectivity index (χ4v) is 0.510. The van der Waals surface area contributed by atoms with E-state index in [1.54, 1.807) is 0 Å². The van der Waals surface area contributed by atoms with Crippen LogP contribution in [0, 0.1) is 0 Å². The van der Waals surface area contributed by atoms with Gasteiger partial charge in [-0.25, -0.2) is 4.79 Å². The summed E-state index contributed by atoms with van der Waals surface area (Å²) < 4.78 is 10.3. The lowest BCUT2D eigenvalue weighted by molar-refractivity contribution is -0.138. The van der Waals surface area contributed by atoms with Crippen LogP contribution in [0.5, 0.6) is 0 Å². The fourth-order valence-electron chi connectivity index (χ4n) is 0.510. The number of carboxylic acid groups (broad SMARTS) is 1. The van der Waals surface area contributed by atoms with Crippen LogP contribution in [0.4, 0.5) is 0 Å². The topological polar surface area (TPSA) is 107 Å². The van der Waals surface area contributed by atoms with Gasteiger partial charge in [0.1, 0.15) is 12.2 Å². The van der Waals surface area contributed by atoms with Crippen LogP contribution in [-0.4, -0.2) is 59.0 Å². The van der Waals surface area contributed by atoms with E-state index < -0.39 is 5.97 Å². The molecule has 1 N–H and O–H groups in total. The molecule has 7 nitrogen and oxygen atoms in total. The van der Waals surface area contributed by atoms with Gasteiger partial charge < -0.3 is 19.4 Å². The van der Waals surface area contributed by atoms with Crippen LogP contribution in [0.2, 0.25) is 0 Å². The van der Waals surface area contributed by atoms with E-state index in [2.05, 4.69) is 63.4 Å². The number of hydrogen-bond donors (Lipinski definition) is 1. The van der Waals surface area contributed by atoms with Gasteiger partial charge in [0.15, 0.2) is 0 Å². The molecule has 154 valence electrons. The van der Waals surface area contributed by atoms with E-state index in [4.69, 9.17) is 24.2 Å². The number of aldehydes is 1. The normalized spacial score (nSPS) is 8.96. The minimum Gasteiger partial charge on any atom is -0.481 e. The predicted molar refractivity (Wildman–Crippen MR) is 121 cm³/mol. The molecule has 1 saturated heterocycles. The van der Waals surface area contributed by atoms with E-state index in [0.29, 0.717) is 0 Å². The second-order valence-electron chi connectivity index (χ2n) is 3.18. The molecule has 1 rings (SSSR count). The highest BCUT2D eigenvalue weighted by molar-refractivity contribution is 14.1.